The Morgan fingerprint density at radius 1 is 1.22 bits per heavy atom. The molecule has 2 aromatic rings. The topological polar surface area (TPSA) is 105 Å². The van der Waals surface area contributed by atoms with Crippen LogP contribution < -0.4 is 15.5 Å². The van der Waals surface area contributed by atoms with E-state index in [1.807, 2.05) is 19.9 Å². The summed E-state index contributed by atoms with van der Waals surface area (Å²) in [6.07, 6.45) is 2.12. The predicted octanol–water partition coefficient (Wildman–Crippen LogP) is 3.70. The van der Waals surface area contributed by atoms with Crippen LogP contribution >= 0.6 is 11.6 Å². The molecule has 9 heteroatoms. The van der Waals surface area contributed by atoms with Crippen molar-refractivity contribution in [3.05, 3.63) is 68.2 Å². The van der Waals surface area contributed by atoms with E-state index in [1.54, 1.807) is 0 Å². The first-order chi connectivity index (χ1) is 15.2. The zero-order chi connectivity index (χ0) is 23.4. The Hall–Kier alpha value is -3.13. The lowest BCUT2D eigenvalue weighted by molar-refractivity contribution is -0.384. The van der Waals surface area contributed by atoms with Crippen LogP contribution in [0.5, 0.6) is 0 Å². The van der Waals surface area contributed by atoms with Gasteiger partial charge in [-0.2, -0.15) is 0 Å². The third-order valence-corrected chi connectivity index (χ3v) is 5.92. The van der Waals surface area contributed by atoms with Crippen LogP contribution in [0, 0.1) is 16.0 Å². The van der Waals surface area contributed by atoms with E-state index in [0.717, 1.165) is 31.0 Å². The van der Waals surface area contributed by atoms with E-state index in [9.17, 15) is 19.7 Å². The molecule has 0 radical (unpaired) electrons. The number of fused-ring (bicyclic) bond motifs is 1. The van der Waals surface area contributed by atoms with Crippen LogP contribution in [0.1, 0.15) is 41.8 Å². The second kappa shape index (κ2) is 9.99. The highest BCUT2D eigenvalue weighted by Crippen LogP contribution is 2.27. The van der Waals surface area contributed by atoms with Crippen LogP contribution in [0.3, 0.4) is 0 Å². The van der Waals surface area contributed by atoms with Crippen LogP contribution in [0.25, 0.3) is 0 Å². The van der Waals surface area contributed by atoms with Gasteiger partial charge in [0.05, 0.1) is 15.5 Å². The molecule has 0 fully saturated rings. The van der Waals surface area contributed by atoms with Gasteiger partial charge < -0.3 is 15.5 Å². The first-order valence-electron chi connectivity index (χ1n) is 10.5. The largest absolute Gasteiger partial charge is 0.374 e. The molecule has 8 nitrogen and oxygen atoms in total. The molecule has 1 atom stereocenters. The Labute approximate surface area is 192 Å². The average Bonchev–Trinajstić information content (AvgIpc) is 2.75. The van der Waals surface area contributed by atoms with Crippen molar-refractivity contribution >= 4 is 34.8 Å². The minimum absolute atomic E-state index is 0.0429. The molecule has 170 valence electrons. The summed E-state index contributed by atoms with van der Waals surface area (Å²) in [6, 6.07) is 9.03. The third-order valence-electron chi connectivity index (χ3n) is 5.61. The SMILES string of the molecule is CC(C)C(NC(=O)c1ccc([N+](=O)[O-])cc1Cl)C(=O)NCc1ccc2c(c1)CCCN2C. The summed E-state index contributed by atoms with van der Waals surface area (Å²) in [4.78, 5) is 38.0. The predicted molar refractivity (Wildman–Crippen MR) is 124 cm³/mol. The Morgan fingerprint density at radius 2 is 1.97 bits per heavy atom. The number of halogens is 1. The first kappa shape index (κ1) is 23.5. The van der Waals surface area contributed by atoms with Crippen LogP contribution in [0.4, 0.5) is 11.4 Å². The Bertz CT molecular complexity index is 1040. The van der Waals surface area contributed by atoms with Gasteiger partial charge in [-0.25, -0.2) is 0 Å². The maximum atomic E-state index is 12.8. The van der Waals surface area contributed by atoms with Gasteiger partial charge in [0.25, 0.3) is 11.6 Å². The molecule has 2 N–H and O–H groups in total. The molecule has 1 unspecified atom stereocenters. The van der Waals surface area contributed by atoms with Gasteiger partial charge in [0.2, 0.25) is 5.91 Å². The van der Waals surface area contributed by atoms with Crippen molar-refractivity contribution in [2.45, 2.75) is 39.3 Å². The van der Waals surface area contributed by atoms with E-state index < -0.39 is 16.9 Å². The Morgan fingerprint density at radius 3 is 2.62 bits per heavy atom. The monoisotopic (exact) mass is 458 g/mol. The Kier molecular flexibility index (Phi) is 7.35. The van der Waals surface area contributed by atoms with Crippen LogP contribution in [0.2, 0.25) is 5.02 Å². The molecule has 0 aliphatic carbocycles. The number of hydrogen-bond donors (Lipinski definition) is 2. The van der Waals surface area contributed by atoms with E-state index in [0.29, 0.717) is 6.54 Å². The number of non-ortho nitro benzene ring substituents is 1. The summed E-state index contributed by atoms with van der Waals surface area (Å²) in [6.45, 7) is 5.05. The first-order valence-corrected chi connectivity index (χ1v) is 10.9. The number of nitro benzene ring substituents is 1. The molecule has 0 saturated carbocycles. The van der Waals surface area contributed by atoms with Crippen molar-refractivity contribution in [3.63, 3.8) is 0 Å². The molecule has 2 amide bonds. The molecular weight excluding hydrogens is 432 g/mol. The second-order valence-electron chi connectivity index (χ2n) is 8.32. The van der Waals surface area contributed by atoms with Crippen molar-refractivity contribution < 1.29 is 14.5 Å². The highest BCUT2D eigenvalue weighted by molar-refractivity contribution is 6.34. The van der Waals surface area contributed by atoms with Gasteiger partial charge >= 0.3 is 0 Å². The lowest BCUT2D eigenvalue weighted by Gasteiger charge is -2.28. The summed E-state index contributed by atoms with van der Waals surface area (Å²) in [5.74, 6) is -1.04. The molecule has 1 aliphatic rings. The number of benzene rings is 2. The molecule has 0 saturated heterocycles. The van der Waals surface area contributed by atoms with Gasteiger partial charge in [-0.1, -0.05) is 37.6 Å². The minimum Gasteiger partial charge on any atom is -0.374 e. The van der Waals surface area contributed by atoms with Crippen molar-refractivity contribution in [3.8, 4) is 0 Å². The van der Waals surface area contributed by atoms with Crippen LogP contribution in [-0.2, 0) is 17.8 Å². The fraction of sp³-hybridized carbons (Fsp3) is 0.391. The molecule has 32 heavy (non-hydrogen) atoms. The minimum atomic E-state index is -0.780. The fourth-order valence-corrected chi connectivity index (χ4v) is 4.06. The standard InChI is InChI=1S/C23H27ClN4O4/c1-14(2)21(26-22(29)18-8-7-17(28(31)32)12-19(18)24)23(30)25-13-15-6-9-20-16(11-15)5-4-10-27(20)3/h6-9,11-12,14,21H,4-5,10,13H2,1-3H3,(H,25,30)(H,26,29). The average molecular weight is 459 g/mol. The van der Waals surface area contributed by atoms with Crippen molar-refractivity contribution in [2.75, 3.05) is 18.5 Å². The lowest BCUT2D eigenvalue weighted by Crippen LogP contribution is -2.49. The highest BCUT2D eigenvalue weighted by atomic mass is 35.5. The summed E-state index contributed by atoms with van der Waals surface area (Å²) >= 11 is 6.05. The number of carbonyl (C=O) groups excluding carboxylic acids is 2. The molecule has 0 bridgehead atoms. The maximum Gasteiger partial charge on any atom is 0.270 e. The molecule has 1 aliphatic heterocycles. The fourth-order valence-electron chi connectivity index (χ4n) is 3.80. The highest BCUT2D eigenvalue weighted by Gasteiger charge is 2.26. The lowest BCUT2D eigenvalue weighted by atomic mass is 9.99. The normalized spacial score (nSPS) is 14.0. The summed E-state index contributed by atoms with van der Waals surface area (Å²) < 4.78 is 0. The summed E-state index contributed by atoms with van der Waals surface area (Å²) in [7, 11) is 2.08. The maximum absolute atomic E-state index is 12.8. The summed E-state index contributed by atoms with van der Waals surface area (Å²) in [5.41, 5.74) is 3.36. The number of rotatable bonds is 7. The van der Waals surface area contributed by atoms with Crippen molar-refractivity contribution in [1.82, 2.24) is 10.6 Å². The Balaban J connectivity index is 1.66. The van der Waals surface area contributed by atoms with Gasteiger partial charge in [0.1, 0.15) is 6.04 Å². The smallest absolute Gasteiger partial charge is 0.270 e. The van der Waals surface area contributed by atoms with Gasteiger partial charge in [-0.3, -0.25) is 19.7 Å². The van der Waals surface area contributed by atoms with Gasteiger partial charge in [0.15, 0.2) is 0 Å². The van der Waals surface area contributed by atoms with E-state index in [1.165, 1.54) is 23.4 Å². The number of aryl methyl sites for hydroxylation is 1. The molecule has 2 aromatic carbocycles. The number of anilines is 1. The van der Waals surface area contributed by atoms with Crippen LogP contribution in [0.15, 0.2) is 36.4 Å². The van der Waals surface area contributed by atoms with Gasteiger partial charge in [-0.15, -0.1) is 0 Å². The van der Waals surface area contributed by atoms with E-state index in [2.05, 4.69) is 34.7 Å². The molecule has 0 spiro atoms. The van der Waals surface area contributed by atoms with Crippen molar-refractivity contribution in [1.29, 1.82) is 0 Å². The molecule has 3 rings (SSSR count). The molecular formula is C23H27ClN4O4. The number of carbonyl (C=O) groups is 2. The van der Waals surface area contributed by atoms with E-state index in [4.69, 9.17) is 11.6 Å². The number of nitrogens with zero attached hydrogens (tertiary/aromatic N) is 2. The number of nitrogens with one attached hydrogen (secondary N) is 2. The summed E-state index contributed by atoms with van der Waals surface area (Å²) in [5, 5.41) is 16.4. The number of hydrogen-bond acceptors (Lipinski definition) is 5. The van der Waals surface area contributed by atoms with E-state index in [-0.39, 0.29) is 28.1 Å². The molecule has 1 heterocycles. The van der Waals surface area contributed by atoms with Crippen LogP contribution in [-0.4, -0.2) is 36.4 Å². The van der Waals surface area contributed by atoms with Gasteiger partial charge in [-0.05, 0) is 42.0 Å². The number of amides is 2. The zero-order valence-electron chi connectivity index (χ0n) is 18.4. The van der Waals surface area contributed by atoms with Gasteiger partial charge in [0, 0.05) is 38.0 Å². The quantitative estimate of drug-likeness (QED) is 0.486. The number of nitro groups is 1. The van der Waals surface area contributed by atoms with Crippen molar-refractivity contribution in [2.24, 2.45) is 5.92 Å². The zero-order valence-corrected chi connectivity index (χ0v) is 19.1. The van der Waals surface area contributed by atoms with E-state index >= 15 is 0 Å². The molecule has 0 aromatic heterocycles. The third kappa shape index (κ3) is 5.37. The second-order valence-corrected chi connectivity index (χ2v) is 8.73.